The lowest BCUT2D eigenvalue weighted by atomic mass is 10.0. The molecule has 1 atom stereocenters. The molecule has 0 aliphatic rings. The van der Waals surface area contributed by atoms with Crippen molar-refractivity contribution in [3.8, 4) is 0 Å². The molecule has 0 radical (unpaired) electrons. The fourth-order valence-corrected chi connectivity index (χ4v) is 2.86. The second-order valence-corrected chi connectivity index (χ2v) is 7.08. The zero-order valence-corrected chi connectivity index (χ0v) is 14.2. The van der Waals surface area contributed by atoms with Gasteiger partial charge in [0.15, 0.2) is 0 Å². The van der Waals surface area contributed by atoms with Gasteiger partial charge in [0, 0.05) is 17.6 Å². The van der Waals surface area contributed by atoms with E-state index in [9.17, 15) is 13.2 Å². The molecule has 0 bridgehead atoms. The van der Waals surface area contributed by atoms with Gasteiger partial charge in [-0.25, -0.2) is 0 Å². The van der Waals surface area contributed by atoms with Crippen molar-refractivity contribution >= 4 is 33.3 Å². The van der Waals surface area contributed by atoms with Crippen molar-refractivity contribution < 1.29 is 17.4 Å². The van der Waals surface area contributed by atoms with E-state index in [2.05, 4.69) is 5.32 Å². The highest BCUT2D eigenvalue weighted by Gasteiger charge is 2.20. The molecule has 2 aromatic rings. The van der Waals surface area contributed by atoms with Crippen LogP contribution in [0.3, 0.4) is 0 Å². The minimum atomic E-state index is -3.67. The third kappa shape index (κ3) is 5.35. The molecule has 2 rings (SSSR count). The largest absolute Gasteiger partial charge is 0.326 e. The van der Waals surface area contributed by atoms with Crippen molar-refractivity contribution in [2.24, 2.45) is 0 Å². The van der Waals surface area contributed by atoms with E-state index in [-0.39, 0.29) is 5.91 Å². The zero-order chi connectivity index (χ0) is 17.0. The van der Waals surface area contributed by atoms with Crippen LogP contribution in [0.15, 0.2) is 48.5 Å². The Balaban J connectivity index is 2.39. The molecule has 1 N–H and O–H groups in total. The number of carbonyl (C=O) groups excluding carboxylic acids is 1. The third-order valence-electron chi connectivity index (χ3n) is 2.96. The molecule has 1 amide bonds. The third-order valence-corrected chi connectivity index (χ3v) is 3.73. The molecule has 0 heterocycles. The van der Waals surface area contributed by atoms with Gasteiger partial charge in [0.25, 0.3) is 10.1 Å². The Bertz CT molecular complexity index is 803. The molecular weight excluding hydrogens is 338 g/mol. The standard InChI is InChI=1S/C16H16ClNO4S/c1-11(19)18-15-8-6-12(7-9-15)16(22-23(2,20)21)13-4-3-5-14(17)10-13/h3-10,16H,1-2H3,(H,18,19). The molecule has 0 fully saturated rings. The van der Waals surface area contributed by atoms with Crippen LogP contribution in [0.5, 0.6) is 0 Å². The number of benzene rings is 2. The SMILES string of the molecule is CC(=O)Nc1ccc(C(OS(C)(=O)=O)c2cccc(Cl)c2)cc1. The predicted molar refractivity (Wildman–Crippen MR) is 90.0 cm³/mol. The number of halogens is 1. The molecule has 7 heteroatoms. The second-order valence-electron chi connectivity index (χ2n) is 5.04. The van der Waals surface area contributed by atoms with Crippen LogP contribution in [0.4, 0.5) is 5.69 Å². The number of anilines is 1. The first-order valence-corrected chi connectivity index (χ1v) is 8.95. The molecule has 1 unspecified atom stereocenters. The van der Waals surface area contributed by atoms with E-state index in [1.165, 1.54) is 6.92 Å². The monoisotopic (exact) mass is 353 g/mol. The summed E-state index contributed by atoms with van der Waals surface area (Å²) in [5, 5.41) is 3.13. The molecular formula is C16H16ClNO4S. The summed E-state index contributed by atoms with van der Waals surface area (Å²) in [7, 11) is -3.67. The average molecular weight is 354 g/mol. The highest BCUT2D eigenvalue weighted by Crippen LogP contribution is 2.30. The Morgan fingerprint density at radius 3 is 2.30 bits per heavy atom. The summed E-state index contributed by atoms with van der Waals surface area (Å²) in [5.41, 5.74) is 1.87. The van der Waals surface area contributed by atoms with Gasteiger partial charge in [0.05, 0.1) is 6.26 Å². The van der Waals surface area contributed by atoms with Crippen molar-refractivity contribution in [3.63, 3.8) is 0 Å². The van der Waals surface area contributed by atoms with Gasteiger partial charge in [-0.3, -0.25) is 8.98 Å². The number of hydrogen-bond donors (Lipinski definition) is 1. The molecule has 122 valence electrons. The predicted octanol–water partition coefficient (Wildman–Crippen LogP) is 3.36. The molecule has 0 spiro atoms. The normalized spacial score (nSPS) is 12.7. The summed E-state index contributed by atoms with van der Waals surface area (Å²) < 4.78 is 28.4. The van der Waals surface area contributed by atoms with Crippen LogP contribution in [0.1, 0.15) is 24.2 Å². The van der Waals surface area contributed by atoms with E-state index in [1.807, 2.05) is 0 Å². The van der Waals surface area contributed by atoms with Crippen LogP contribution >= 0.6 is 11.6 Å². The first kappa shape index (κ1) is 17.5. The lowest BCUT2D eigenvalue weighted by molar-refractivity contribution is -0.114. The molecule has 5 nitrogen and oxygen atoms in total. The van der Waals surface area contributed by atoms with Crippen molar-refractivity contribution in [2.45, 2.75) is 13.0 Å². The van der Waals surface area contributed by atoms with E-state index in [4.69, 9.17) is 15.8 Å². The van der Waals surface area contributed by atoms with Crippen molar-refractivity contribution in [1.29, 1.82) is 0 Å². The smallest absolute Gasteiger partial charge is 0.265 e. The topological polar surface area (TPSA) is 72.5 Å². The summed E-state index contributed by atoms with van der Waals surface area (Å²) in [4.78, 5) is 11.0. The van der Waals surface area contributed by atoms with Crippen LogP contribution in [0.2, 0.25) is 5.02 Å². The quantitative estimate of drug-likeness (QED) is 0.836. The van der Waals surface area contributed by atoms with Gasteiger partial charge >= 0.3 is 0 Å². The summed E-state index contributed by atoms with van der Waals surface area (Å²) in [6.45, 7) is 1.41. The Kier molecular flexibility index (Phi) is 5.41. The van der Waals surface area contributed by atoms with Gasteiger partial charge in [0.1, 0.15) is 6.10 Å². The molecule has 0 saturated heterocycles. The first-order chi connectivity index (χ1) is 10.7. The van der Waals surface area contributed by atoms with Gasteiger partial charge in [-0.05, 0) is 35.4 Å². The van der Waals surface area contributed by atoms with Crippen LogP contribution in [0, 0.1) is 0 Å². The molecule has 0 aliphatic carbocycles. The summed E-state index contributed by atoms with van der Waals surface area (Å²) in [5.74, 6) is -0.184. The van der Waals surface area contributed by atoms with Gasteiger partial charge in [0.2, 0.25) is 5.91 Å². The van der Waals surface area contributed by atoms with Crippen LogP contribution in [0.25, 0.3) is 0 Å². The number of rotatable bonds is 5. The number of nitrogens with one attached hydrogen (secondary N) is 1. The van der Waals surface area contributed by atoms with E-state index < -0.39 is 16.2 Å². The molecule has 23 heavy (non-hydrogen) atoms. The van der Waals surface area contributed by atoms with E-state index in [0.29, 0.717) is 21.8 Å². The van der Waals surface area contributed by atoms with Crippen molar-refractivity contribution in [3.05, 3.63) is 64.7 Å². The Hall–Kier alpha value is -1.89. The maximum absolute atomic E-state index is 11.6. The molecule has 0 saturated carbocycles. The highest BCUT2D eigenvalue weighted by molar-refractivity contribution is 7.86. The van der Waals surface area contributed by atoms with Gasteiger partial charge < -0.3 is 5.32 Å². The lowest BCUT2D eigenvalue weighted by Crippen LogP contribution is -2.12. The minimum absolute atomic E-state index is 0.184. The van der Waals surface area contributed by atoms with E-state index in [1.54, 1.807) is 48.5 Å². The second kappa shape index (κ2) is 7.12. The summed E-state index contributed by atoms with van der Waals surface area (Å²) in [6.07, 6.45) is 0.186. The van der Waals surface area contributed by atoms with Crippen LogP contribution in [-0.4, -0.2) is 20.6 Å². The highest BCUT2D eigenvalue weighted by atomic mass is 35.5. The number of carbonyl (C=O) groups is 1. The van der Waals surface area contributed by atoms with Crippen molar-refractivity contribution in [1.82, 2.24) is 0 Å². The molecule has 0 aromatic heterocycles. The Morgan fingerprint density at radius 1 is 1.13 bits per heavy atom. The summed E-state index contributed by atoms with van der Waals surface area (Å²) in [6, 6.07) is 13.6. The Morgan fingerprint density at radius 2 is 1.78 bits per heavy atom. The summed E-state index contributed by atoms with van der Waals surface area (Å²) >= 11 is 5.98. The minimum Gasteiger partial charge on any atom is -0.326 e. The maximum Gasteiger partial charge on any atom is 0.265 e. The fourth-order valence-electron chi connectivity index (χ4n) is 2.09. The van der Waals surface area contributed by atoms with Crippen LogP contribution in [-0.2, 0) is 19.1 Å². The van der Waals surface area contributed by atoms with Crippen molar-refractivity contribution in [2.75, 3.05) is 11.6 Å². The van der Waals surface area contributed by atoms with Crippen LogP contribution < -0.4 is 5.32 Å². The average Bonchev–Trinajstić information content (AvgIpc) is 2.44. The lowest BCUT2D eigenvalue weighted by Gasteiger charge is -2.18. The molecule has 0 aliphatic heterocycles. The molecule has 2 aromatic carbocycles. The number of amides is 1. The fraction of sp³-hybridized carbons (Fsp3) is 0.188. The van der Waals surface area contributed by atoms with Gasteiger partial charge in [-0.15, -0.1) is 0 Å². The number of hydrogen-bond acceptors (Lipinski definition) is 4. The van der Waals surface area contributed by atoms with Gasteiger partial charge in [-0.1, -0.05) is 35.9 Å². The van der Waals surface area contributed by atoms with E-state index in [0.717, 1.165) is 6.26 Å². The first-order valence-electron chi connectivity index (χ1n) is 6.76. The zero-order valence-electron chi connectivity index (χ0n) is 12.6. The Labute approximate surface area is 140 Å². The van der Waals surface area contributed by atoms with Gasteiger partial charge in [-0.2, -0.15) is 8.42 Å². The van der Waals surface area contributed by atoms with E-state index >= 15 is 0 Å². The maximum atomic E-state index is 11.6.